The van der Waals surface area contributed by atoms with Crippen molar-refractivity contribution in [2.75, 3.05) is 0 Å². The lowest BCUT2D eigenvalue weighted by atomic mass is 9.68. The Morgan fingerprint density at radius 3 is 1.92 bits per heavy atom. The molecular weight excluding hydrogens is 629 g/mol. The molecule has 258 valence electrons. The second kappa shape index (κ2) is 15.8. The first-order chi connectivity index (χ1) is 23.0. The molecule has 1 nitrogen and oxygen atoms in total. The van der Waals surface area contributed by atoms with E-state index in [0.717, 1.165) is 49.5 Å². The molecule has 0 saturated heterocycles. The van der Waals surface area contributed by atoms with Gasteiger partial charge in [0.2, 0.25) is 0 Å². The van der Waals surface area contributed by atoms with E-state index in [1.807, 2.05) is 0 Å². The monoisotopic (exact) mass is 672 g/mol. The maximum absolute atomic E-state index is 15.4. The largest absolute Gasteiger partial charge is 0.432 e. The Hall–Kier alpha value is -3.55. The highest BCUT2D eigenvalue weighted by atomic mass is 19.3. The smallest absolute Gasteiger partial charge is 0.429 e. The summed E-state index contributed by atoms with van der Waals surface area (Å²) in [7, 11) is 0. The molecule has 2 saturated carbocycles. The van der Waals surface area contributed by atoms with Crippen LogP contribution in [0.3, 0.4) is 0 Å². The summed E-state index contributed by atoms with van der Waals surface area (Å²) in [6.45, 7) is 5.53. The standard InChI is InChI=1S/C40H43F7O/c1-3-5-7-8-25-10-12-26(13-11-25)27-14-16-28(17-15-27)29-18-19-32(34(41)20-29)30-21-37(44)39(38(45)22-30)40(46,47)48-31-23-35(42)33(9-6-4-2)36(43)24-31/h3-5,18-28H,2,6-17H2,1H3/b5-3+. The second-order valence-electron chi connectivity index (χ2n) is 13.4. The summed E-state index contributed by atoms with van der Waals surface area (Å²) in [4.78, 5) is 0. The summed E-state index contributed by atoms with van der Waals surface area (Å²) < 4.78 is 109. The number of ether oxygens (including phenoxy) is 1. The number of benzene rings is 3. The van der Waals surface area contributed by atoms with Gasteiger partial charge in [0.15, 0.2) is 0 Å². The van der Waals surface area contributed by atoms with E-state index in [0.29, 0.717) is 30.2 Å². The van der Waals surface area contributed by atoms with Gasteiger partial charge in [-0.15, -0.1) is 6.58 Å². The molecule has 0 N–H and O–H groups in total. The van der Waals surface area contributed by atoms with Crippen molar-refractivity contribution in [2.24, 2.45) is 17.8 Å². The van der Waals surface area contributed by atoms with Crippen LogP contribution < -0.4 is 4.74 Å². The Bertz CT molecular complexity index is 1550. The van der Waals surface area contributed by atoms with Gasteiger partial charge in [-0.05, 0) is 124 Å². The van der Waals surface area contributed by atoms with Crippen molar-refractivity contribution in [3.05, 3.63) is 113 Å². The predicted octanol–water partition coefficient (Wildman–Crippen LogP) is 12.7. The molecule has 2 fully saturated rings. The average molecular weight is 673 g/mol. The van der Waals surface area contributed by atoms with Crippen molar-refractivity contribution in [3.63, 3.8) is 0 Å². The van der Waals surface area contributed by atoms with E-state index < -0.39 is 46.5 Å². The lowest BCUT2D eigenvalue weighted by molar-refractivity contribution is -0.189. The highest BCUT2D eigenvalue weighted by Crippen LogP contribution is 2.45. The van der Waals surface area contributed by atoms with E-state index in [2.05, 4.69) is 30.4 Å². The fourth-order valence-corrected chi connectivity index (χ4v) is 7.72. The first kappa shape index (κ1) is 35.7. The molecule has 0 aromatic heterocycles. The summed E-state index contributed by atoms with van der Waals surface area (Å²) in [5, 5.41) is 0. The quantitative estimate of drug-likeness (QED) is 0.137. The van der Waals surface area contributed by atoms with Crippen LogP contribution in [0.1, 0.15) is 100 Å². The van der Waals surface area contributed by atoms with E-state index in [4.69, 9.17) is 0 Å². The van der Waals surface area contributed by atoms with Gasteiger partial charge >= 0.3 is 6.11 Å². The zero-order valence-corrected chi connectivity index (χ0v) is 27.3. The highest BCUT2D eigenvalue weighted by Gasteiger charge is 2.42. The van der Waals surface area contributed by atoms with Crippen LogP contribution in [0.5, 0.6) is 5.75 Å². The summed E-state index contributed by atoms with van der Waals surface area (Å²) in [5.41, 5.74) is -1.68. The lowest BCUT2D eigenvalue weighted by Crippen LogP contribution is -2.25. The van der Waals surface area contributed by atoms with Crippen LogP contribution in [-0.4, -0.2) is 0 Å². The molecule has 3 aromatic carbocycles. The second-order valence-corrected chi connectivity index (χ2v) is 13.4. The van der Waals surface area contributed by atoms with Gasteiger partial charge < -0.3 is 4.74 Å². The van der Waals surface area contributed by atoms with Crippen LogP contribution in [0, 0.1) is 46.8 Å². The Labute approximate surface area is 278 Å². The maximum Gasteiger partial charge on any atom is 0.432 e. The molecule has 0 atom stereocenters. The maximum atomic E-state index is 15.4. The summed E-state index contributed by atoms with van der Waals surface area (Å²) in [6.07, 6.45) is 13.0. The third kappa shape index (κ3) is 8.35. The minimum absolute atomic E-state index is 0.0557. The minimum atomic E-state index is -4.62. The number of rotatable bonds is 12. The molecule has 3 aromatic rings. The molecule has 0 radical (unpaired) electrons. The van der Waals surface area contributed by atoms with Crippen molar-refractivity contribution >= 4 is 0 Å². The topological polar surface area (TPSA) is 9.23 Å². The van der Waals surface area contributed by atoms with Crippen molar-refractivity contribution < 1.29 is 35.5 Å². The third-order valence-corrected chi connectivity index (χ3v) is 10.4. The average Bonchev–Trinajstić information content (AvgIpc) is 3.04. The lowest BCUT2D eigenvalue weighted by Gasteiger charge is -2.38. The predicted molar refractivity (Wildman–Crippen MR) is 175 cm³/mol. The fraction of sp³-hybridized carbons (Fsp3) is 0.450. The molecule has 0 spiro atoms. The van der Waals surface area contributed by atoms with Gasteiger partial charge in [0.1, 0.15) is 40.4 Å². The van der Waals surface area contributed by atoms with E-state index in [1.54, 1.807) is 6.07 Å². The third-order valence-electron chi connectivity index (χ3n) is 10.4. The zero-order chi connectivity index (χ0) is 34.4. The fourth-order valence-electron chi connectivity index (χ4n) is 7.72. The molecule has 0 bridgehead atoms. The van der Waals surface area contributed by atoms with Crippen LogP contribution >= 0.6 is 0 Å². The Morgan fingerprint density at radius 1 is 0.750 bits per heavy atom. The molecule has 0 heterocycles. The van der Waals surface area contributed by atoms with Crippen molar-refractivity contribution in [2.45, 2.75) is 96.0 Å². The van der Waals surface area contributed by atoms with Gasteiger partial charge in [0, 0.05) is 23.3 Å². The molecule has 8 heteroatoms. The number of alkyl halides is 2. The van der Waals surface area contributed by atoms with Crippen LogP contribution in [-0.2, 0) is 12.5 Å². The molecule has 2 aliphatic carbocycles. The Kier molecular flexibility index (Phi) is 11.7. The number of hydrogen-bond donors (Lipinski definition) is 0. The van der Waals surface area contributed by atoms with Gasteiger partial charge in [-0.1, -0.05) is 43.2 Å². The number of hydrogen-bond acceptors (Lipinski definition) is 1. The van der Waals surface area contributed by atoms with E-state index in [9.17, 15) is 17.6 Å². The Morgan fingerprint density at radius 2 is 1.35 bits per heavy atom. The van der Waals surface area contributed by atoms with E-state index in [1.165, 1.54) is 50.3 Å². The molecule has 5 rings (SSSR count). The summed E-state index contributed by atoms with van der Waals surface area (Å²) in [6, 6.07) is 6.81. The van der Waals surface area contributed by atoms with Gasteiger partial charge in [-0.2, -0.15) is 8.78 Å². The summed E-state index contributed by atoms with van der Waals surface area (Å²) in [5.74, 6) is -4.86. The minimum Gasteiger partial charge on any atom is -0.429 e. The number of allylic oxidation sites excluding steroid dienone is 3. The van der Waals surface area contributed by atoms with Gasteiger partial charge in [-0.3, -0.25) is 0 Å². The zero-order valence-electron chi connectivity index (χ0n) is 27.3. The van der Waals surface area contributed by atoms with Crippen LogP contribution in [0.15, 0.2) is 67.3 Å². The van der Waals surface area contributed by atoms with Crippen LogP contribution in [0.25, 0.3) is 11.1 Å². The molecule has 0 aliphatic heterocycles. The molecule has 0 unspecified atom stereocenters. The van der Waals surface area contributed by atoms with Gasteiger partial charge in [0.05, 0.1) is 0 Å². The normalized spacial score (nSPS) is 21.8. The van der Waals surface area contributed by atoms with E-state index in [-0.39, 0.29) is 35.4 Å². The molecule has 0 amide bonds. The SMILES string of the molecule is C=CCCc1c(F)cc(OC(F)(F)c2c(F)cc(-c3ccc(C4CCC(C5CCC(CC/C=C/C)CC5)CC4)cc3F)cc2F)cc1F. The Balaban J connectivity index is 1.23. The first-order valence-corrected chi connectivity index (χ1v) is 17.1. The molecular formula is C40H43F7O. The summed E-state index contributed by atoms with van der Waals surface area (Å²) >= 11 is 0. The van der Waals surface area contributed by atoms with Crippen LogP contribution in [0.2, 0.25) is 0 Å². The van der Waals surface area contributed by atoms with Gasteiger partial charge in [0.25, 0.3) is 0 Å². The van der Waals surface area contributed by atoms with Crippen molar-refractivity contribution in [1.29, 1.82) is 0 Å². The van der Waals surface area contributed by atoms with E-state index >= 15 is 13.2 Å². The van der Waals surface area contributed by atoms with Crippen molar-refractivity contribution in [3.8, 4) is 16.9 Å². The molecule has 48 heavy (non-hydrogen) atoms. The first-order valence-electron chi connectivity index (χ1n) is 17.1. The van der Waals surface area contributed by atoms with Crippen LogP contribution in [0.4, 0.5) is 30.7 Å². The van der Waals surface area contributed by atoms with Gasteiger partial charge in [-0.25, -0.2) is 22.0 Å². The number of halogens is 7. The van der Waals surface area contributed by atoms with Crippen molar-refractivity contribution in [1.82, 2.24) is 0 Å². The highest BCUT2D eigenvalue weighted by molar-refractivity contribution is 5.65. The molecule has 2 aliphatic rings.